The van der Waals surface area contributed by atoms with Crippen molar-refractivity contribution in [2.24, 2.45) is 0 Å². The van der Waals surface area contributed by atoms with Crippen LogP contribution in [0.3, 0.4) is 0 Å². The van der Waals surface area contributed by atoms with Gasteiger partial charge in [-0.3, -0.25) is 0 Å². The molecule has 9 heteroatoms. The number of benzene rings is 1. The molecule has 0 spiro atoms. The second-order valence-electron chi connectivity index (χ2n) is 6.17. The Kier molecular flexibility index (Phi) is 14.4. The standard InChI is InChI=1S/C21H34O8Si/c1-23-10-13-26-18-8-5-4-7-17(18)19(27-14-11-24-2)20(28-15-12-25-3)21(22)29-9-6-16-30/h4-5,7-8H,6,9-16H2,1-3,30H3. The molecule has 1 aromatic carbocycles. The van der Waals surface area contributed by atoms with Crippen molar-refractivity contribution < 1.29 is 38.0 Å². The van der Waals surface area contributed by atoms with Crippen LogP contribution in [0.25, 0.3) is 5.76 Å². The molecule has 170 valence electrons. The average Bonchev–Trinajstić information content (AvgIpc) is 2.76. The van der Waals surface area contributed by atoms with E-state index in [0.29, 0.717) is 44.3 Å². The Morgan fingerprint density at radius 2 is 1.43 bits per heavy atom. The molecule has 1 rings (SSSR count). The Balaban J connectivity index is 3.30. The highest BCUT2D eigenvalue weighted by atomic mass is 28.1. The third-order valence-corrected chi connectivity index (χ3v) is 4.57. The highest BCUT2D eigenvalue weighted by Crippen LogP contribution is 2.30. The number of para-hydroxylation sites is 1. The van der Waals surface area contributed by atoms with Gasteiger partial charge in [0.05, 0.1) is 32.0 Å². The maximum absolute atomic E-state index is 12.8. The molecule has 0 N–H and O–H groups in total. The van der Waals surface area contributed by atoms with Crippen LogP contribution in [0.4, 0.5) is 0 Å². The fourth-order valence-corrected chi connectivity index (χ4v) is 2.62. The van der Waals surface area contributed by atoms with E-state index in [1.807, 2.05) is 12.1 Å². The summed E-state index contributed by atoms with van der Waals surface area (Å²) in [6.45, 7) is 2.16. The number of hydrogen-bond acceptors (Lipinski definition) is 8. The number of rotatable bonds is 17. The van der Waals surface area contributed by atoms with Gasteiger partial charge in [0.15, 0.2) is 5.76 Å². The summed E-state index contributed by atoms with van der Waals surface area (Å²) in [5.74, 6) is 0.189. The summed E-state index contributed by atoms with van der Waals surface area (Å²) in [6, 6.07) is 8.31. The van der Waals surface area contributed by atoms with E-state index in [1.54, 1.807) is 33.5 Å². The lowest BCUT2D eigenvalue weighted by Crippen LogP contribution is -2.18. The van der Waals surface area contributed by atoms with Gasteiger partial charge in [-0.15, -0.1) is 0 Å². The average molecular weight is 443 g/mol. The minimum atomic E-state index is -0.583. The lowest BCUT2D eigenvalue weighted by atomic mass is 10.1. The van der Waals surface area contributed by atoms with Crippen molar-refractivity contribution in [1.29, 1.82) is 0 Å². The summed E-state index contributed by atoms with van der Waals surface area (Å²) in [5.41, 5.74) is 0.581. The molecule has 0 amide bonds. The maximum atomic E-state index is 12.8. The number of carbonyl (C=O) groups is 1. The van der Waals surface area contributed by atoms with Crippen molar-refractivity contribution in [3.8, 4) is 5.75 Å². The van der Waals surface area contributed by atoms with E-state index in [0.717, 1.165) is 22.7 Å². The summed E-state index contributed by atoms with van der Waals surface area (Å²) >= 11 is 0. The van der Waals surface area contributed by atoms with Crippen LogP contribution in [0.1, 0.15) is 12.0 Å². The van der Waals surface area contributed by atoms with Crippen molar-refractivity contribution in [2.45, 2.75) is 12.5 Å². The molecule has 0 aliphatic rings. The predicted octanol–water partition coefficient (Wildman–Crippen LogP) is 1.42. The summed E-state index contributed by atoms with van der Waals surface area (Å²) < 4.78 is 38.1. The Bertz CT molecular complexity index is 635. The van der Waals surface area contributed by atoms with Gasteiger partial charge in [-0.25, -0.2) is 4.79 Å². The number of methoxy groups -OCH3 is 3. The summed E-state index contributed by atoms with van der Waals surface area (Å²) in [7, 11) is 5.80. The van der Waals surface area contributed by atoms with Gasteiger partial charge in [0.25, 0.3) is 0 Å². The van der Waals surface area contributed by atoms with Gasteiger partial charge in [0.2, 0.25) is 5.76 Å². The monoisotopic (exact) mass is 442 g/mol. The van der Waals surface area contributed by atoms with Crippen LogP contribution in [0.5, 0.6) is 5.75 Å². The largest absolute Gasteiger partial charge is 0.490 e. The summed E-state index contributed by atoms with van der Waals surface area (Å²) in [4.78, 5) is 12.8. The van der Waals surface area contributed by atoms with E-state index in [9.17, 15) is 4.79 Å². The first-order valence-corrected chi connectivity index (χ1v) is 11.5. The smallest absolute Gasteiger partial charge is 0.377 e. The zero-order valence-corrected chi connectivity index (χ0v) is 20.4. The molecule has 0 radical (unpaired) electrons. The van der Waals surface area contributed by atoms with Gasteiger partial charge in [-0.2, -0.15) is 0 Å². The zero-order valence-electron chi connectivity index (χ0n) is 18.4. The molecule has 30 heavy (non-hydrogen) atoms. The van der Waals surface area contributed by atoms with Crippen LogP contribution in [-0.2, 0) is 33.2 Å². The predicted molar refractivity (Wildman–Crippen MR) is 117 cm³/mol. The van der Waals surface area contributed by atoms with Crippen LogP contribution >= 0.6 is 0 Å². The molecule has 8 nitrogen and oxygen atoms in total. The van der Waals surface area contributed by atoms with Crippen molar-refractivity contribution in [2.75, 3.05) is 67.6 Å². The van der Waals surface area contributed by atoms with E-state index in [4.69, 9.17) is 33.2 Å². The fourth-order valence-electron chi connectivity index (χ4n) is 2.33. The van der Waals surface area contributed by atoms with Gasteiger partial charge in [-0.05, 0) is 18.6 Å². The third-order valence-electron chi connectivity index (χ3n) is 3.87. The molecule has 0 unspecified atom stereocenters. The normalized spacial score (nSPS) is 11.7. The number of ether oxygens (including phenoxy) is 7. The molecule has 0 atom stereocenters. The quantitative estimate of drug-likeness (QED) is 0.118. The Morgan fingerprint density at radius 3 is 2.10 bits per heavy atom. The van der Waals surface area contributed by atoms with Crippen LogP contribution in [0.2, 0.25) is 6.04 Å². The Labute approximate surface area is 181 Å². The van der Waals surface area contributed by atoms with Crippen LogP contribution < -0.4 is 4.74 Å². The molecular formula is C21H34O8Si. The Morgan fingerprint density at radius 1 is 0.800 bits per heavy atom. The first-order chi connectivity index (χ1) is 14.7. The van der Waals surface area contributed by atoms with Gasteiger partial charge in [0.1, 0.15) is 25.6 Å². The van der Waals surface area contributed by atoms with Crippen molar-refractivity contribution >= 4 is 22.0 Å². The fraction of sp³-hybridized carbons (Fsp3) is 0.571. The second kappa shape index (κ2) is 16.7. The first-order valence-electron chi connectivity index (χ1n) is 10.1. The topological polar surface area (TPSA) is 81.7 Å². The molecule has 0 aromatic heterocycles. The van der Waals surface area contributed by atoms with Crippen LogP contribution in [0, 0.1) is 0 Å². The van der Waals surface area contributed by atoms with Gasteiger partial charge < -0.3 is 33.2 Å². The minimum absolute atomic E-state index is 0.0145. The zero-order chi connectivity index (χ0) is 22.0. The minimum Gasteiger partial charge on any atom is -0.490 e. The van der Waals surface area contributed by atoms with Crippen molar-refractivity contribution in [3.63, 3.8) is 0 Å². The van der Waals surface area contributed by atoms with Crippen LogP contribution in [-0.4, -0.2) is 83.8 Å². The highest BCUT2D eigenvalue weighted by molar-refractivity contribution is 6.08. The van der Waals surface area contributed by atoms with E-state index < -0.39 is 5.97 Å². The molecule has 0 fully saturated rings. The molecule has 1 aromatic rings. The van der Waals surface area contributed by atoms with E-state index in [2.05, 4.69) is 0 Å². The first kappa shape index (κ1) is 26.0. The second-order valence-corrected chi connectivity index (χ2v) is 7.17. The van der Waals surface area contributed by atoms with Crippen LogP contribution in [0.15, 0.2) is 30.0 Å². The number of carbonyl (C=O) groups excluding carboxylic acids is 1. The SMILES string of the molecule is COCCOC(C(=O)OCCC[SiH3])=C(OCCOC)c1ccccc1OCCOC. The number of esters is 1. The van der Waals surface area contributed by atoms with E-state index >= 15 is 0 Å². The van der Waals surface area contributed by atoms with Gasteiger partial charge in [-0.1, -0.05) is 18.2 Å². The molecule has 0 saturated carbocycles. The molecule has 0 aliphatic carbocycles. The lowest BCUT2D eigenvalue weighted by Gasteiger charge is -2.19. The molecule has 0 bridgehead atoms. The van der Waals surface area contributed by atoms with Gasteiger partial charge in [0, 0.05) is 31.6 Å². The molecule has 0 aliphatic heterocycles. The molecule has 0 saturated heterocycles. The lowest BCUT2D eigenvalue weighted by molar-refractivity contribution is -0.143. The molecular weight excluding hydrogens is 408 g/mol. The van der Waals surface area contributed by atoms with E-state index in [-0.39, 0.29) is 24.7 Å². The van der Waals surface area contributed by atoms with Gasteiger partial charge >= 0.3 is 5.97 Å². The summed E-state index contributed by atoms with van der Waals surface area (Å²) in [5, 5.41) is 0. The Hall–Kier alpha value is -2.07. The van der Waals surface area contributed by atoms with Crippen molar-refractivity contribution in [3.05, 3.63) is 35.6 Å². The third kappa shape index (κ3) is 9.62. The maximum Gasteiger partial charge on any atom is 0.377 e. The highest BCUT2D eigenvalue weighted by Gasteiger charge is 2.25. The molecule has 0 heterocycles. The summed E-state index contributed by atoms with van der Waals surface area (Å²) in [6.07, 6.45) is 0.819. The van der Waals surface area contributed by atoms with E-state index in [1.165, 1.54) is 0 Å². The number of hydrogen-bond donors (Lipinski definition) is 0. The van der Waals surface area contributed by atoms with Crippen molar-refractivity contribution in [1.82, 2.24) is 0 Å².